The summed E-state index contributed by atoms with van der Waals surface area (Å²) >= 11 is 0. The monoisotopic (exact) mass is 510 g/mol. The van der Waals surface area contributed by atoms with Gasteiger partial charge in [-0.25, -0.2) is 19.6 Å². The van der Waals surface area contributed by atoms with Crippen molar-refractivity contribution < 1.29 is 19.1 Å². The van der Waals surface area contributed by atoms with Crippen LogP contribution in [0.1, 0.15) is 82.3 Å². The molecule has 2 aliphatic heterocycles. The number of hydrogen-bond acceptors (Lipinski definition) is 6. The molecular formula is C30H30N4O4. The second-order valence-corrected chi connectivity index (χ2v) is 8.86. The number of hydrogen-bond donors (Lipinski definition) is 2. The van der Waals surface area contributed by atoms with Crippen LogP contribution in [-0.4, -0.2) is 45.1 Å². The van der Waals surface area contributed by atoms with E-state index in [0.29, 0.717) is 57.8 Å². The predicted octanol–water partition coefficient (Wildman–Crippen LogP) is 6.13. The highest BCUT2D eigenvalue weighted by atomic mass is 16.5. The predicted molar refractivity (Wildman–Crippen MR) is 150 cm³/mol. The van der Waals surface area contributed by atoms with Crippen molar-refractivity contribution in [2.45, 2.75) is 40.5 Å². The lowest BCUT2D eigenvalue weighted by Crippen LogP contribution is -2.07. The van der Waals surface area contributed by atoms with Crippen LogP contribution in [0.5, 0.6) is 0 Å². The lowest BCUT2D eigenvalue weighted by molar-refractivity contribution is 0.0518. The van der Waals surface area contributed by atoms with Gasteiger partial charge in [0.25, 0.3) is 0 Å². The highest BCUT2D eigenvalue weighted by Crippen LogP contribution is 2.28. The summed E-state index contributed by atoms with van der Waals surface area (Å²) in [5, 5.41) is 0. The van der Waals surface area contributed by atoms with Crippen molar-refractivity contribution >= 4 is 58.3 Å². The zero-order valence-corrected chi connectivity index (χ0v) is 22.0. The van der Waals surface area contributed by atoms with Gasteiger partial charge in [-0.3, -0.25) is 0 Å². The fraction of sp³-hybridized carbons (Fsp3) is 0.267. The first-order valence-electron chi connectivity index (χ1n) is 13.0. The van der Waals surface area contributed by atoms with Crippen molar-refractivity contribution in [1.29, 1.82) is 0 Å². The summed E-state index contributed by atoms with van der Waals surface area (Å²) in [6, 6.07) is 7.64. The molecule has 8 bridgehead atoms. The molecule has 8 heteroatoms. The molecule has 38 heavy (non-hydrogen) atoms. The number of carbonyl (C=O) groups excluding carboxylic acids is 2. The van der Waals surface area contributed by atoms with Crippen molar-refractivity contribution in [3.8, 4) is 0 Å². The Hall–Kier alpha value is -4.46. The second kappa shape index (κ2) is 10.5. The molecule has 194 valence electrons. The SMILES string of the molecule is CCOC(=O)c1c2nc(c(CC)c3nc(c(C(=O)OCC)c4ccc([nH]4)c(CC)c4ccc1[nH]4)C=C3)C=C2. The van der Waals surface area contributed by atoms with E-state index in [1.165, 1.54) is 0 Å². The maximum atomic E-state index is 13.1. The van der Waals surface area contributed by atoms with E-state index < -0.39 is 11.9 Å². The number of aromatic nitrogens is 4. The van der Waals surface area contributed by atoms with Crippen LogP contribution in [0.15, 0.2) is 24.3 Å². The van der Waals surface area contributed by atoms with Crippen LogP contribution in [-0.2, 0) is 22.3 Å². The Bertz CT molecular complexity index is 1540. The first kappa shape index (κ1) is 25.2. The molecule has 5 heterocycles. The first-order chi connectivity index (χ1) is 18.5. The van der Waals surface area contributed by atoms with Gasteiger partial charge < -0.3 is 19.4 Å². The Morgan fingerprint density at radius 2 is 1.00 bits per heavy atom. The summed E-state index contributed by atoms with van der Waals surface area (Å²) in [4.78, 5) is 42.7. The van der Waals surface area contributed by atoms with Crippen molar-refractivity contribution in [1.82, 2.24) is 19.9 Å². The Kier molecular flexibility index (Phi) is 6.96. The number of esters is 2. The summed E-state index contributed by atoms with van der Waals surface area (Å²) in [7, 11) is 0. The minimum absolute atomic E-state index is 0.257. The van der Waals surface area contributed by atoms with Gasteiger partial charge in [0.2, 0.25) is 0 Å². The van der Waals surface area contributed by atoms with Crippen LogP contribution in [0.3, 0.4) is 0 Å². The summed E-state index contributed by atoms with van der Waals surface area (Å²) in [6.07, 6.45) is 8.80. The molecule has 0 aromatic carbocycles. The van der Waals surface area contributed by atoms with Crippen molar-refractivity contribution in [2.24, 2.45) is 0 Å². The molecule has 2 N–H and O–H groups in total. The number of carbonyl (C=O) groups is 2. The fourth-order valence-corrected chi connectivity index (χ4v) is 4.90. The molecule has 0 fully saturated rings. The van der Waals surface area contributed by atoms with Crippen LogP contribution in [0.4, 0.5) is 0 Å². The molecule has 0 saturated carbocycles. The molecule has 0 amide bonds. The van der Waals surface area contributed by atoms with E-state index >= 15 is 0 Å². The minimum Gasteiger partial charge on any atom is -0.462 e. The Morgan fingerprint density at radius 1 is 0.605 bits per heavy atom. The van der Waals surface area contributed by atoms with Crippen LogP contribution in [0.25, 0.3) is 46.4 Å². The van der Waals surface area contributed by atoms with E-state index in [9.17, 15) is 9.59 Å². The molecule has 0 aliphatic carbocycles. The molecule has 0 atom stereocenters. The van der Waals surface area contributed by atoms with Gasteiger partial charge in [-0.15, -0.1) is 0 Å². The molecule has 3 aromatic heterocycles. The second-order valence-electron chi connectivity index (χ2n) is 8.86. The smallest absolute Gasteiger partial charge is 0.342 e. The van der Waals surface area contributed by atoms with E-state index in [-0.39, 0.29) is 13.2 Å². The Balaban J connectivity index is 1.96. The molecule has 0 saturated heterocycles. The topological polar surface area (TPSA) is 110 Å². The fourth-order valence-electron chi connectivity index (χ4n) is 4.90. The van der Waals surface area contributed by atoms with Gasteiger partial charge in [0, 0.05) is 16.6 Å². The number of fused-ring (bicyclic) bond motifs is 8. The van der Waals surface area contributed by atoms with Crippen LogP contribution >= 0.6 is 0 Å². The largest absolute Gasteiger partial charge is 0.462 e. The molecule has 3 aromatic rings. The van der Waals surface area contributed by atoms with Crippen LogP contribution < -0.4 is 0 Å². The summed E-state index contributed by atoms with van der Waals surface area (Å²) < 4.78 is 10.8. The van der Waals surface area contributed by atoms with Crippen molar-refractivity contribution in [3.63, 3.8) is 0 Å². The third kappa shape index (κ3) is 4.42. The molecule has 0 radical (unpaired) electrons. The number of H-pyrrole nitrogens is 2. The molecule has 2 aliphatic rings. The van der Waals surface area contributed by atoms with E-state index in [1.54, 1.807) is 13.8 Å². The van der Waals surface area contributed by atoms with E-state index in [2.05, 4.69) is 16.9 Å². The lowest BCUT2D eigenvalue weighted by Gasteiger charge is -2.04. The maximum absolute atomic E-state index is 13.1. The van der Waals surface area contributed by atoms with Gasteiger partial charge in [0.1, 0.15) is 11.1 Å². The zero-order chi connectivity index (χ0) is 26.8. The van der Waals surface area contributed by atoms with Gasteiger partial charge in [-0.05, 0) is 80.8 Å². The van der Waals surface area contributed by atoms with Gasteiger partial charge in [-0.2, -0.15) is 0 Å². The lowest BCUT2D eigenvalue weighted by atomic mass is 10.1. The quantitative estimate of drug-likeness (QED) is 0.266. The molecule has 0 unspecified atom stereocenters. The average Bonchev–Trinajstić information content (AvgIpc) is 3.70. The standard InChI is InChI=1S/C30H30N4O4/c1-5-17-19-9-13-23(31-19)27(29(35)37-7-3)25-15-11-21(33-25)18(6-2)22-12-16-26(34-22)28(30(36)38-8-4)24-14-10-20(17)32-24/h9-16,31-32H,5-8H2,1-4H3. The zero-order valence-electron chi connectivity index (χ0n) is 22.0. The van der Waals surface area contributed by atoms with E-state index in [1.807, 2.05) is 55.5 Å². The van der Waals surface area contributed by atoms with Crippen LogP contribution in [0.2, 0.25) is 0 Å². The van der Waals surface area contributed by atoms with Gasteiger partial charge in [-0.1, -0.05) is 13.8 Å². The van der Waals surface area contributed by atoms with Crippen molar-refractivity contribution in [2.75, 3.05) is 13.2 Å². The highest BCUT2D eigenvalue weighted by molar-refractivity contribution is 6.03. The first-order valence-corrected chi connectivity index (χ1v) is 13.0. The Labute approximate surface area is 220 Å². The third-order valence-electron chi connectivity index (χ3n) is 6.64. The number of aryl methyl sites for hydroxylation is 1. The van der Waals surface area contributed by atoms with Gasteiger partial charge >= 0.3 is 11.9 Å². The third-order valence-corrected chi connectivity index (χ3v) is 6.64. The van der Waals surface area contributed by atoms with Gasteiger partial charge in [0.15, 0.2) is 0 Å². The molecule has 8 nitrogen and oxygen atoms in total. The number of nitrogens with zero attached hydrogens (tertiary/aromatic N) is 2. The number of ether oxygens (including phenoxy) is 2. The van der Waals surface area contributed by atoms with Crippen LogP contribution in [0, 0.1) is 0 Å². The molecular weight excluding hydrogens is 480 g/mol. The van der Waals surface area contributed by atoms with E-state index in [4.69, 9.17) is 19.4 Å². The average molecular weight is 511 g/mol. The summed E-state index contributed by atoms with van der Waals surface area (Å²) in [6.45, 7) is 8.16. The van der Waals surface area contributed by atoms with Gasteiger partial charge in [0.05, 0.1) is 47.0 Å². The number of aromatic amines is 2. The Morgan fingerprint density at radius 3 is 1.39 bits per heavy atom. The summed E-state index contributed by atoms with van der Waals surface area (Å²) in [5.74, 6) is -0.875. The summed E-state index contributed by atoms with van der Waals surface area (Å²) in [5.41, 5.74) is 8.09. The van der Waals surface area contributed by atoms with Crippen molar-refractivity contribution in [3.05, 3.63) is 69.3 Å². The number of rotatable bonds is 6. The highest BCUT2D eigenvalue weighted by Gasteiger charge is 2.21. The molecule has 5 rings (SSSR count). The number of nitrogens with one attached hydrogen (secondary N) is 2. The molecule has 0 spiro atoms. The maximum Gasteiger partial charge on any atom is 0.342 e. The van der Waals surface area contributed by atoms with E-state index in [0.717, 1.165) is 22.2 Å². The minimum atomic E-state index is -0.438. The normalized spacial score (nSPS) is 12.1.